The van der Waals surface area contributed by atoms with Crippen LogP contribution in [0.3, 0.4) is 0 Å². The summed E-state index contributed by atoms with van der Waals surface area (Å²) < 4.78 is 46.2. The third-order valence-electron chi connectivity index (χ3n) is 5.06. The zero-order valence-electron chi connectivity index (χ0n) is 16.6. The lowest BCUT2D eigenvalue weighted by Crippen LogP contribution is -2.32. The van der Waals surface area contributed by atoms with E-state index in [1.54, 1.807) is 6.92 Å². The van der Waals surface area contributed by atoms with E-state index in [4.69, 9.17) is 4.74 Å². The third kappa shape index (κ3) is 4.76. The molecule has 0 spiro atoms. The first-order valence-corrected chi connectivity index (χ1v) is 11.0. The smallest absolute Gasteiger partial charge is 0.259 e. The van der Waals surface area contributed by atoms with E-state index in [0.29, 0.717) is 24.3 Å². The van der Waals surface area contributed by atoms with Gasteiger partial charge < -0.3 is 10.1 Å². The van der Waals surface area contributed by atoms with E-state index < -0.39 is 21.7 Å². The minimum Gasteiger partial charge on any atom is -0.496 e. The molecular formula is C21H25FN2O4S. The summed E-state index contributed by atoms with van der Waals surface area (Å²) >= 11 is 0. The quantitative estimate of drug-likeness (QED) is 0.794. The number of hydrogen-bond donors (Lipinski definition) is 1. The first-order valence-electron chi connectivity index (χ1n) is 9.58. The molecule has 1 fully saturated rings. The van der Waals surface area contributed by atoms with Gasteiger partial charge in [0, 0.05) is 18.8 Å². The Labute approximate surface area is 170 Å². The Morgan fingerprint density at radius 2 is 1.76 bits per heavy atom. The summed E-state index contributed by atoms with van der Waals surface area (Å²) in [4.78, 5) is 12.9. The maximum atomic E-state index is 13.3. The van der Waals surface area contributed by atoms with Gasteiger partial charge in [0.05, 0.1) is 17.6 Å². The van der Waals surface area contributed by atoms with E-state index in [-0.39, 0.29) is 16.2 Å². The van der Waals surface area contributed by atoms with Gasteiger partial charge in [0.1, 0.15) is 11.6 Å². The number of sulfonamides is 1. The Morgan fingerprint density at radius 3 is 2.38 bits per heavy atom. The molecule has 0 saturated carbocycles. The van der Waals surface area contributed by atoms with Crippen molar-refractivity contribution in [3.8, 4) is 5.75 Å². The van der Waals surface area contributed by atoms with Crippen molar-refractivity contribution in [3.05, 3.63) is 53.3 Å². The van der Waals surface area contributed by atoms with Crippen LogP contribution in [-0.2, 0) is 10.0 Å². The van der Waals surface area contributed by atoms with Crippen molar-refractivity contribution in [2.45, 2.75) is 37.5 Å². The van der Waals surface area contributed by atoms with Crippen LogP contribution in [0.5, 0.6) is 5.75 Å². The van der Waals surface area contributed by atoms with Gasteiger partial charge >= 0.3 is 0 Å². The van der Waals surface area contributed by atoms with Crippen LogP contribution in [0.4, 0.5) is 10.1 Å². The molecule has 1 saturated heterocycles. The predicted molar refractivity (Wildman–Crippen MR) is 109 cm³/mol. The number of hydrogen-bond acceptors (Lipinski definition) is 4. The normalized spacial score (nSPS) is 15.6. The summed E-state index contributed by atoms with van der Waals surface area (Å²) in [5.74, 6) is -0.662. The van der Waals surface area contributed by atoms with Crippen LogP contribution in [0, 0.1) is 12.7 Å². The predicted octanol–water partition coefficient (Wildman–Crippen LogP) is 3.96. The minimum absolute atomic E-state index is 0.0566. The van der Waals surface area contributed by atoms with E-state index in [9.17, 15) is 17.6 Å². The highest BCUT2D eigenvalue weighted by atomic mass is 32.2. The van der Waals surface area contributed by atoms with Crippen molar-refractivity contribution in [2.24, 2.45) is 0 Å². The van der Waals surface area contributed by atoms with Crippen molar-refractivity contribution in [1.29, 1.82) is 0 Å². The molecule has 2 aromatic rings. The molecule has 1 amide bonds. The molecule has 6 nitrogen and oxygen atoms in total. The Balaban J connectivity index is 1.93. The number of halogens is 1. The van der Waals surface area contributed by atoms with Crippen molar-refractivity contribution in [1.82, 2.24) is 4.31 Å². The number of nitrogens with one attached hydrogen (secondary N) is 1. The highest BCUT2D eigenvalue weighted by Gasteiger charge is 2.27. The molecular weight excluding hydrogens is 395 g/mol. The van der Waals surface area contributed by atoms with E-state index in [2.05, 4.69) is 5.32 Å². The number of aryl methyl sites for hydroxylation is 1. The number of benzene rings is 2. The number of ether oxygens (including phenoxy) is 1. The molecule has 8 heteroatoms. The summed E-state index contributed by atoms with van der Waals surface area (Å²) in [6, 6.07) is 8.31. The number of amides is 1. The van der Waals surface area contributed by atoms with Crippen molar-refractivity contribution >= 4 is 21.6 Å². The molecule has 2 aromatic carbocycles. The summed E-state index contributed by atoms with van der Waals surface area (Å²) in [7, 11) is -2.29. The first kappa shape index (κ1) is 21.3. The van der Waals surface area contributed by atoms with Crippen LogP contribution >= 0.6 is 0 Å². The second kappa shape index (κ2) is 8.92. The minimum atomic E-state index is -3.70. The maximum absolute atomic E-state index is 13.3. The second-order valence-corrected chi connectivity index (χ2v) is 9.03. The largest absolute Gasteiger partial charge is 0.496 e. The molecule has 0 atom stereocenters. The summed E-state index contributed by atoms with van der Waals surface area (Å²) in [6.07, 6.45) is 3.68. The topological polar surface area (TPSA) is 75.7 Å². The fourth-order valence-electron chi connectivity index (χ4n) is 3.41. The highest BCUT2D eigenvalue weighted by molar-refractivity contribution is 7.89. The van der Waals surface area contributed by atoms with Gasteiger partial charge in [-0.3, -0.25) is 4.79 Å². The molecule has 1 N–H and O–H groups in total. The summed E-state index contributed by atoms with van der Waals surface area (Å²) in [5.41, 5.74) is 1.11. The van der Waals surface area contributed by atoms with Crippen LogP contribution in [0.15, 0.2) is 41.3 Å². The second-order valence-electron chi connectivity index (χ2n) is 7.09. The standard InChI is InChI=1S/C21H25FN2O4S/c1-15-13-16(22)7-9-19(15)23-21(25)18-14-17(8-10-20(18)28-2)29(26,27)24-11-5-3-4-6-12-24/h7-10,13-14H,3-6,11-12H2,1-2H3,(H,23,25). The van der Waals surface area contributed by atoms with Gasteiger partial charge in [-0.25, -0.2) is 12.8 Å². The van der Waals surface area contributed by atoms with Gasteiger partial charge in [0.25, 0.3) is 5.91 Å². The maximum Gasteiger partial charge on any atom is 0.259 e. The van der Waals surface area contributed by atoms with E-state index in [1.807, 2.05) is 0 Å². The third-order valence-corrected chi connectivity index (χ3v) is 6.95. The molecule has 0 radical (unpaired) electrons. The molecule has 1 aliphatic rings. The summed E-state index contributed by atoms with van der Waals surface area (Å²) in [6.45, 7) is 2.63. The molecule has 0 aliphatic carbocycles. The van der Waals surface area contributed by atoms with Gasteiger partial charge in [0.15, 0.2) is 0 Å². The van der Waals surface area contributed by atoms with Gasteiger partial charge in [0.2, 0.25) is 10.0 Å². The number of rotatable bonds is 5. The van der Waals surface area contributed by atoms with Crippen LogP contribution in [0.25, 0.3) is 0 Å². The summed E-state index contributed by atoms with van der Waals surface area (Å²) in [5, 5.41) is 2.70. The monoisotopic (exact) mass is 420 g/mol. The number of nitrogens with zero attached hydrogens (tertiary/aromatic N) is 1. The molecule has 1 aliphatic heterocycles. The zero-order valence-corrected chi connectivity index (χ0v) is 17.4. The van der Waals surface area contributed by atoms with Gasteiger partial charge in [-0.15, -0.1) is 0 Å². The number of carbonyl (C=O) groups is 1. The molecule has 156 valence electrons. The average molecular weight is 421 g/mol. The van der Waals surface area contributed by atoms with Crippen LogP contribution in [0.1, 0.15) is 41.6 Å². The molecule has 3 rings (SSSR count). The zero-order chi connectivity index (χ0) is 21.0. The van der Waals surface area contributed by atoms with Gasteiger partial charge in [-0.2, -0.15) is 4.31 Å². The lowest BCUT2D eigenvalue weighted by Gasteiger charge is -2.20. The van der Waals surface area contributed by atoms with Gasteiger partial charge in [-0.05, 0) is 61.7 Å². The molecule has 29 heavy (non-hydrogen) atoms. The lowest BCUT2D eigenvalue weighted by molar-refractivity contribution is 0.102. The molecule has 1 heterocycles. The molecule has 0 aromatic heterocycles. The van der Waals surface area contributed by atoms with Crippen LogP contribution in [0.2, 0.25) is 0 Å². The Morgan fingerprint density at radius 1 is 1.07 bits per heavy atom. The number of methoxy groups -OCH3 is 1. The van der Waals surface area contributed by atoms with Crippen LogP contribution in [-0.4, -0.2) is 38.8 Å². The fourth-order valence-corrected chi connectivity index (χ4v) is 4.96. The Hall–Kier alpha value is -2.45. The van der Waals surface area contributed by atoms with E-state index in [0.717, 1.165) is 25.7 Å². The van der Waals surface area contributed by atoms with Crippen LogP contribution < -0.4 is 10.1 Å². The van der Waals surface area contributed by atoms with Crippen molar-refractivity contribution < 1.29 is 22.3 Å². The van der Waals surface area contributed by atoms with E-state index in [1.165, 1.54) is 47.8 Å². The first-order chi connectivity index (χ1) is 13.8. The lowest BCUT2D eigenvalue weighted by atomic mass is 10.1. The van der Waals surface area contributed by atoms with Crippen molar-refractivity contribution in [3.63, 3.8) is 0 Å². The number of carbonyl (C=O) groups excluding carboxylic acids is 1. The average Bonchev–Trinajstić information content (AvgIpc) is 2.99. The highest BCUT2D eigenvalue weighted by Crippen LogP contribution is 2.27. The molecule has 0 unspecified atom stereocenters. The SMILES string of the molecule is COc1ccc(S(=O)(=O)N2CCCCCC2)cc1C(=O)Nc1ccc(F)cc1C. The number of anilines is 1. The Bertz CT molecular complexity index is 1000. The van der Waals surface area contributed by atoms with Crippen molar-refractivity contribution in [2.75, 3.05) is 25.5 Å². The Kier molecular flexibility index (Phi) is 6.54. The van der Waals surface area contributed by atoms with E-state index >= 15 is 0 Å². The molecule has 0 bridgehead atoms. The fraction of sp³-hybridized carbons (Fsp3) is 0.381. The van der Waals surface area contributed by atoms with Gasteiger partial charge in [-0.1, -0.05) is 12.8 Å².